The molecule has 3 heterocycles. The van der Waals surface area contributed by atoms with Gasteiger partial charge >= 0.3 is 0 Å². The number of aromatic nitrogens is 2. The fourth-order valence-electron chi connectivity index (χ4n) is 2.24. The average molecular weight is 329 g/mol. The van der Waals surface area contributed by atoms with Crippen LogP contribution in [0.15, 0.2) is 46.3 Å². The van der Waals surface area contributed by atoms with Crippen LogP contribution in [0.2, 0.25) is 0 Å². The molecule has 0 spiro atoms. The molecule has 2 N–H and O–H groups in total. The van der Waals surface area contributed by atoms with Crippen LogP contribution in [0.5, 0.6) is 0 Å². The predicted octanol–water partition coefficient (Wildman–Crippen LogP) is 3.10. The third-order valence-corrected chi connectivity index (χ3v) is 4.40. The maximum atomic E-state index is 10.5. The van der Waals surface area contributed by atoms with Gasteiger partial charge in [0.25, 0.3) is 0 Å². The summed E-state index contributed by atoms with van der Waals surface area (Å²) in [4.78, 5) is 8.86. The van der Waals surface area contributed by atoms with E-state index in [1.54, 1.807) is 30.5 Å². The first kappa shape index (κ1) is 15.9. The normalized spacial score (nSPS) is 13.9. The minimum atomic E-state index is -1.05. The number of furan rings is 1. The molecule has 0 bridgehead atoms. The average Bonchev–Trinajstić information content (AvgIpc) is 3.17. The summed E-state index contributed by atoms with van der Waals surface area (Å²) in [6.45, 7) is 4.57. The number of hydrogen-bond donors (Lipinski definition) is 2. The second-order valence-corrected chi connectivity index (χ2v) is 6.50. The van der Waals surface area contributed by atoms with E-state index in [0.29, 0.717) is 18.8 Å². The van der Waals surface area contributed by atoms with E-state index in [2.05, 4.69) is 15.3 Å². The van der Waals surface area contributed by atoms with E-state index in [-0.39, 0.29) is 0 Å². The van der Waals surface area contributed by atoms with Crippen LogP contribution in [-0.2, 0) is 12.1 Å². The van der Waals surface area contributed by atoms with Gasteiger partial charge in [0, 0.05) is 24.7 Å². The summed E-state index contributed by atoms with van der Waals surface area (Å²) in [6, 6.07) is 9.44. The Morgan fingerprint density at radius 3 is 2.87 bits per heavy atom. The van der Waals surface area contributed by atoms with E-state index < -0.39 is 5.60 Å². The molecule has 3 rings (SSSR count). The van der Waals surface area contributed by atoms with Crippen molar-refractivity contribution in [3.63, 3.8) is 0 Å². The standard InChI is InChI=1S/C17H19N3O2S/c1-12-6-7-15(22-12)17(2,21)11-18-9-13-10-23-16(20-13)14-5-3-4-8-19-14/h3-8,10,18,21H,9,11H2,1-2H3. The third kappa shape index (κ3) is 3.85. The molecule has 120 valence electrons. The smallest absolute Gasteiger partial charge is 0.142 e. The van der Waals surface area contributed by atoms with Crippen LogP contribution in [0, 0.1) is 6.92 Å². The zero-order valence-electron chi connectivity index (χ0n) is 13.1. The highest BCUT2D eigenvalue weighted by molar-refractivity contribution is 7.13. The first-order valence-electron chi connectivity index (χ1n) is 7.40. The molecule has 0 radical (unpaired) electrons. The minimum Gasteiger partial charge on any atom is -0.463 e. The van der Waals surface area contributed by atoms with Crippen LogP contribution in [0.4, 0.5) is 0 Å². The van der Waals surface area contributed by atoms with Crippen molar-refractivity contribution in [3.8, 4) is 10.7 Å². The number of nitrogens with zero attached hydrogens (tertiary/aromatic N) is 2. The summed E-state index contributed by atoms with van der Waals surface area (Å²) < 4.78 is 5.50. The molecule has 5 nitrogen and oxygen atoms in total. The zero-order chi connectivity index (χ0) is 16.3. The number of aliphatic hydroxyl groups is 1. The molecule has 0 aromatic carbocycles. The highest BCUT2D eigenvalue weighted by atomic mass is 32.1. The van der Waals surface area contributed by atoms with Crippen LogP contribution >= 0.6 is 11.3 Å². The van der Waals surface area contributed by atoms with Crippen LogP contribution < -0.4 is 5.32 Å². The lowest BCUT2D eigenvalue weighted by molar-refractivity contribution is 0.0332. The number of rotatable bonds is 6. The maximum absolute atomic E-state index is 10.5. The maximum Gasteiger partial charge on any atom is 0.142 e. The summed E-state index contributed by atoms with van der Waals surface area (Å²) >= 11 is 1.57. The molecule has 3 aromatic rings. The van der Waals surface area contributed by atoms with Gasteiger partial charge in [0.2, 0.25) is 0 Å². The Kier molecular flexibility index (Phi) is 4.56. The first-order valence-corrected chi connectivity index (χ1v) is 8.28. The van der Waals surface area contributed by atoms with Crippen molar-refractivity contribution in [2.75, 3.05) is 6.54 Å². The van der Waals surface area contributed by atoms with Gasteiger partial charge in [-0.2, -0.15) is 0 Å². The Morgan fingerprint density at radius 1 is 1.30 bits per heavy atom. The molecule has 0 fully saturated rings. The SMILES string of the molecule is Cc1ccc(C(C)(O)CNCc2csc(-c3ccccn3)n2)o1. The molecule has 0 saturated carbocycles. The van der Waals surface area contributed by atoms with Crippen LogP contribution in [-0.4, -0.2) is 21.6 Å². The van der Waals surface area contributed by atoms with Crippen molar-refractivity contribution in [1.29, 1.82) is 0 Å². The predicted molar refractivity (Wildman–Crippen MR) is 90.1 cm³/mol. The summed E-state index contributed by atoms with van der Waals surface area (Å²) in [5, 5.41) is 16.6. The summed E-state index contributed by atoms with van der Waals surface area (Å²) in [5.41, 5.74) is 0.762. The van der Waals surface area contributed by atoms with Gasteiger partial charge in [-0.15, -0.1) is 11.3 Å². The van der Waals surface area contributed by atoms with Gasteiger partial charge in [-0.25, -0.2) is 4.98 Å². The van der Waals surface area contributed by atoms with Gasteiger partial charge in [-0.05, 0) is 38.1 Å². The molecule has 0 amide bonds. The summed E-state index contributed by atoms with van der Waals surface area (Å²) in [5.74, 6) is 1.36. The Morgan fingerprint density at radius 2 is 2.17 bits per heavy atom. The van der Waals surface area contributed by atoms with Crippen LogP contribution in [0.25, 0.3) is 10.7 Å². The Labute approximate surface area is 139 Å². The van der Waals surface area contributed by atoms with E-state index in [0.717, 1.165) is 22.2 Å². The van der Waals surface area contributed by atoms with Crippen molar-refractivity contribution < 1.29 is 9.52 Å². The van der Waals surface area contributed by atoms with E-state index in [1.807, 2.05) is 36.6 Å². The molecule has 3 aromatic heterocycles. The van der Waals surface area contributed by atoms with Gasteiger partial charge in [0.15, 0.2) is 0 Å². The molecule has 0 aliphatic rings. The molecular weight excluding hydrogens is 310 g/mol. The number of nitrogens with one attached hydrogen (secondary N) is 1. The summed E-state index contributed by atoms with van der Waals surface area (Å²) in [6.07, 6.45) is 1.76. The van der Waals surface area contributed by atoms with Gasteiger partial charge < -0.3 is 14.8 Å². The van der Waals surface area contributed by atoms with Gasteiger partial charge in [-0.1, -0.05) is 6.07 Å². The van der Waals surface area contributed by atoms with Crippen molar-refractivity contribution in [2.45, 2.75) is 26.0 Å². The molecule has 0 aliphatic carbocycles. The van der Waals surface area contributed by atoms with Crippen LogP contribution in [0.1, 0.15) is 24.1 Å². The van der Waals surface area contributed by atoms with E-state index in [9.17, 15) is 5.11 Å². The molecule has 0 aliphatic heterocycles. The lowest BCUT2D eigenvalue weighted by Gasteiger charge is -2.21. The molecule has 1 unspecified atom stereocenters. The quantitative estimate of drug-likeness (QED) is 0.727. The van der Waals surface area contributed by atoms with Crippen molar-refractivity contribution in [3.05, 3.63) is 59.1 Å². The Bertz CT molecular complexity index is 765. The number of pyridine rings is 1. The van der Waals surface area contributed by atoms with Crippen molar-refractivity contribution >= 4 is 11.3 Å². The Hall–Kier alpha value is -2.02. The summed E-state index contributed by atoms with van der Waals surface area (Å²) in [7, 11) is 0. The number of aryl methyl sites for hydroxylation is 1. The second kappa shape index (κ2) is 6.62. The lowest BCUT2D eigenvalue weighted by Crippen LogP contribution is -2.34. The topological polar surface area (TPSA) is 71.2 Å². The fourth-order valence-corrected chi connectivity index (χ4v) is 3.04. The molecule has 1 atom stereocenters. The lowest BCUT2D eigenvalue weighted by atomic mass is 10.0. The third-order valence-electron chi connectivity index (χ3n) is 3.48. The number of hydrogen-bond acceptors (Lipinski definition) is 6. The van der Waals surface area contributed by atoms with Crippen molar-refractivity contribution in [2.24, 2.45) is 0 Å². The zero-order valence-corrected chi connectivity index (χ0v) is 13.9. The first-order chi connectivity index (χ1) is 11.0. The molecule has 0 saturated heterocycles. The second-order valence-electron chi connectivity index (χ2n) is 5.65. The number of thiazole rings is 1. The van der Waals surface area contributed by atoms with E-state index >= 15 is 0 Å². The minimum absolute atomic E-state index is 0.385. The van der Waals surface area contributed by atoms with Gasteiger partial charge in [0.1, 0.15) is 22.1 Å². The molecule has 6 heteroatoms. The van der Waals surface area contributed by atoms with Crippen molar-refractivity contribution in [1.82, 2.24) is 15.3 Å². The Balaban J connectivity index is 1.58. The van der Waals surface area contributed by atoms with Gasteiger partial charge in [-0.3, -0.25) is 4.98 Å². The monoisotopic (exact) mass is 329 g/mol. The van der Waals surface area contributed by atoms with E-state index in [1.165, 1.54) is 0 Å². The van der Waals surface area contributed by atoms with Crippen LogP contribution in [0.3, 0.4) is 0 Å². The highest BCUT2D eigenvalue weighted by Crippen LogP contribution is 2.23. The molecular formula is C17H19N3O2S. The molecule has 23 heavy (non-hydrogen) atoms. The largest absolute Gasteiger partial charge is 0.463 e. The van der Waals surface area contributed by atoms with E-state index in [4.69, 9.17) is 4.42 Å². The van der Waals surface area contributed by atoms with Gasteiger partial charge in [0.05, 0.1) is 11.4 Å². The highest BCUT2D eigenvalue weighted by Gasteiger charge is 2.26. The fraction of sp³-hybridized carbons (Fsp3) is 0.294.